The van der Waals surface area contributed by atoms with E-state index in [9.17, 15) is 19.2 Å². The summed E-state index contributed by atoms with van der Waals surface area (Å²) in [6.07, 6.45) is 0. The monoisotopic (exact) mass is 378 g/mol. The maximum Gasteiger partial charge on any atom is 0.394 e. The summed E-state index contributed by atoms with van der Waals surface area (Å²) in [7, 11) is -4.67. The number of rotatable bonds is 0. The van der Waals surface area contributed by atoms with Gasteiger partial charge >= 0.3 is 22.5 Å². The summed E-state index contributed by atoms with van der Waals surface area (Å²) in [5.41, 5.74) is -1.06. The van der Waals surface area contributed by atoms with Crippen LogP contribution >= 0.6 is 0 Å². The van der Waals surface area contributed by atoms with Gasteiger partial charge in [0.05, 0.1) is 0 Å². The van der Waals surface area contributed by atoms with Gasteiger partial charge in [-0.15, -0.1) is 0 Å². The summed E-state index contributed by atoms with van der Waals surface area (Å²) in [6, 6.07) is -1.52. The summed E-state index contributed by atoms with van der Waals surface area (Å²) in [4.78, 5) is 41.7. The van der Waals surface area contributed by atoms with E-state index in [0.717, 1.165) is 0 Å². The van der Waals surface area contributed by atoms with E-state index in [4.69, 9.17) is 39.2 Å². The zero-order valence-corrected chi connectivity index (χ0v) is 12.6. The van der Waals surface area contributed by atoms with Crippen molar-refractivity contribution in [1.82, 2.24) is 21.3 Å². The molecular formula is C8H10N8O8S. The number of urea groups is 2. The van der Waals surface area contributed by atoms with Gasteiger partial charge in [0.25, 0.3) is 11.8 Å². The summed E-state index contributed by atoms with van der Waals surface area (Å²) < 4.78 is 31.6. The molecule has 0 aliphatic carbocycles. The quantitative estimate of drug-likeness (QED) is 0.193. The van der Waals surface area contributed by atoms with E-state index < -0.39 is 57.4 Å². The molecule has 25 heavy (non-hydrogen) atoms. The Bertz CT molecular complexity index is 695. The maximum absolute atomic E-state index is 10.5. The van der Waals surface area contributed by atoms with E-state index in [2.05, 4.69) is 0 Å². The molecule has 0 aromatic carbocycles. The van der Waals surface area contributed by atoms with Crippen molar-refractivity contribution in [3.8, 4) is 0 Å². The van der Waals surface area contributed by atoms with Crippen molar-refractivity contribution < 1.29 is 36.7 Å². The standard InChI is InChI=1S/2C4H4N4O2.H2O4S/c2*5-1-2(6)7-4(10)8-3(1)9;1-5(2,3)4/h2*5H,(H3,6,7,8,9,10);(H2,1,2,3,4). The second-order valence-corrected chi connectivity index (χ2v) is 4.66. The summed E-state index contributed by atoms with van der Waals surface area (Å²) in [5, 5.41) is 34.9. The summed E-state index contributed by atoms with van der Waals surface area (Å²) in [5.74, 6) is -2.61. The number of hydrogen-bond donors (Lipinski definition) is 10. The van der Waals surface area contributed by atoms with E-state index in [1.807, 2.05) is 10.6 Å². The van der Waals surface area contributed by atoms with Crippen LogP contribution in [0.1, 0.15) is 0 Å². The van der Waals surface area contributed by atoms with Crippen molar-refractivity contribution in [1.29, 1.82) is 21.6 Å². The third-order valence-electron chi connectivity index (χ3n) is 1.89. The molecule has 0 aromatic rings. The molecule has 2 aliphatic rings. The number of carbonyl (C=O) groups excluding carboxylic acids is 4. The first-order chi connectivity index (χ1) is 11.2. The molecule has 17 heteroatoms. The average molecular weight is 378 g/mol. The Hall–Kier alpha value is -3.57. The Morgan fingerprint density at radius 3 is 1.08 bits per heavy atom. The number of nitrogens with one attached hydrogen (secondary N) is 8. The zero-order chi connectivity index (χ0) is 19.9. The molecule has 2 fully saturated rings. The lowest BCUT2D eigenvalue weighted by Crippen LogP contribution is -2.55. The number of hydrogen-bond acceptors (Lipinski definition) is 10. The molecule has 0 spiro atoms. The second-order valence-electron chi connectivity index (χ2n) is 3.76. The Morgan fingerprint density at radius 1 is 0.640 bits per heavy atom. The highest BCUT2D eigenvalue weighted by Crippen LogP contribution is 1.84. The molecule has 0 radical (unpaired) electrons. The predicted octanol–water partition coefficient (Wildman–Crippen LogP) is -3.01. The van der Waals surface area contributed by atoms with Gasteiger partial charge in [0.15, 0.2) is 23.1 Å². The maximum atomic E-state index is 10.5. The minimum atomic E-state index is -4.67. The van der Waals surface area contributed by atoms with Crippen LogP contribution in [0.25, 0.3) is 0 Å². The SMILES string of the molecule is N=C1NC(=O)NC(=O)C1=N.N=C1NC(=O)NC(=O)C1=N.O=S(=O)(O)O. The van der Waals surface area contributed by atoms with Gasteiger partial charge in [-0.05, 0) is 0 Å². The van der Waals surface area contributed by atoms with Crippen molar-refractivity contribution in [2.45, 2.75) is 0 Å². The van der Waals surface area contributed by atoms with Crippen LogP contribution in [0.3, 0.4) is 0 Å². The van der Waals surface area contributed by atoms with Crippen LogP contribution < -0.4 is 21.3 Å². The molecule has 0 atom stereocenters. The topological polar surface area (TPSA) is 286 Å². The third-order valence-corrected chi connectivity index (χ3v) is 1.89. The minimum absolute atomic E-state index is 0.464. The highest BCUT2D eigenvalue weighted by molar-refractivity contribution is 7.79. The first-order valence-electron chi connectivity index (χ1n) is 5.51. The van der Waals surface area contributed by atoms with Crippen LogP contribution in [0.4, 0.5) is 9.59 Å². The fraction of sp³-hybridized carbons (Fsp3) is 0. The van der Waals surface area contributed by atoms with Crippen LogP contribution in [-0.2, 0) is 20.0 Å². The van der Waals surface area contributed by atoms with Gasteiger partial charge in [-0.1, -0.05) is 0 Å². The summed E-state index contributed by atoms with van der Waals surface area (Å²) >= 11 is 0. The van der Waals surface area contributed by atoms with E-state index >= 15 is 0 Å². The highest BCUT2D eigenvalue weighted by atomic mass is 32.3. The molecule has 2 aliphatic heterocycles. The number of imide groups is 2. The fourth-order valence-electron chi connectivity index (χ4n) is 0.973. The van der Waals surface area contributed by atoms with Crippen LogP contribution in [0.15, 0.2) is 0 Å². The van der Waals surface area contributed by atoms with Gasteiger partial charge in [-0.3, -0.25) is 61.6 Å². The molecule has 0 saturated carbocycles. The molecule has 6 amide bonds. The van der Waals surface area contributed by atoms with Crippen molar-refractivity contribution in [3.63, 3.8) is 0 Å². The first kappa shape index (κ1) is 21.4. The van der Waals surface area contributed by atoms with Crippen molar-refractivity contribution in [3.05, 3.63) is 0 Å². The molecule has 0 aromatic heterocycles. The largest absolute Gasteiger partial charge is 0.394 e. The van der Waals surface area contributed by atoms with E-state index in [1.54, 1.807) is 10.6 Å². The van der Waals surface area contributed by atoms with Gasteiger partial charge in [-0.2, -0.15) is 8.42 Å². The second kappa shape index (κ2) is 8.33. The van der Waals surface area contributed by atoms with Crippen LogP contribution in [-0.4, -0.2) is 64.5 Å². The van der Waals surface area contributed by atoms with Gasteiger partial charge in [0, 0.05) is 0 Å². The number of amides is 6. The van der Waals surface area contributed by atoms with Crippen LogP contribution in [0, 0.1) is 21.6 Å². The van der Waals surface area contributed by atoms with Crippen molar-refractivity contribution >= 4 is 57.4 Å². The smallest absolute Gasteiger partial charge is 0.292 e. The van der Waals surface area contributed by atoms with Crippen LogP contribution in [0.2, 0.25) is 0 Å². The lowest BCUT2D eigenvalue weighted by molar-refractivity contribution is -0.114. The Labute approximate surface area is 138 Å². The molecular weight excluding hydrogens is 368 g/mol. The zero-order valence-electron chi connectivity index (χ0n) is 11.8. The molecule has 2 saturated heterocycles. The summed E-state index contributed by atoms with van der Waals surface area (Å²) in [6.45, 7) is 0. The predicted molar refractivity (Wildman–Crippen MR) is 78.4 cm³/mol. The lowest BCUT2D eigenvalue weighted by Gasteiger charge is -2.12. The van der Waals surface area contributed by atoms with Gasteiger partial charge in [0.2, 0.25) is 0 Å². The fourth-order valence-corrected chi connectivity index (χ4v) is 0.973. The molecule has 16 nitrogen and oxygen atoms in total. The Kier molecular flexibility index (Phi) is 7.14. The Morgan fingerprint density at radius 2 is 0.880 bits per heavy atom. The van der Waals surface area contributed by atoms with Crippen molar-refractivity contribution in [2.75, 3.05) is 0 Å². The van der Waals surface area contributed by atoms with E-state index in [-0.39, 0.29) is 0 Å². The normalized spacial score (nSPS) is 17.0. The third kappa shape index (κ3) is 8.59. The highest BCUT2D eigenvalue weighted by Gasteiger charge is 2.25. The minimum Gasteiger partial charge on any atom is -0.292 e. The molecule has 10 N–H and O–H groups in total. The Balaban J connectivity index is 0.000000368. The average Bonchev–Trinajstić information content (AvgIpc) is 2.40. The van der Waals surface area contributed by atoms with Gasteiger partial charge in [0.1, 0.15) is 0 Å². The van der Waals surface area contributed by atoms with E-state index in [1.165, 1.54) is 0 Å². The number of amidine groups is 2. The van der Waals surface area contributed by atoms with Gasteiger partial charge in [-0.25, -0.2) is 9.59 Å². The molecule has 2 heterocycles. The van der Waals surface area contributed by atoms with E-state index in [0.29, 0.717) is 0 Å². The first-order valence-corrected chi connectivity index (χ1v) is 6.91. The molecule has 136 valence electrons. The van der Waals surface area contributed by atoms with Crippen LogP contribution in [0.5, 0.6) is 0 Å². The molecule has 0 bridgehead atoms. The number of carbonyl (C=O) groups is 4. The van der Waals surface area contributed by atoms with Crippen molar-refractivity contribution in [2.24, 2.45) is 0 Å². The molecule has 2 rings (SSSR count). The van der Waals surface area contributed by atoms with Gasteiger partial charge < -0.3 is 0 Å². The lowest BCUT2D eigenvalue weighted by atomic mass is 10.3. The molecule has 0 unspecified atom stereocenters.